The molecular weight excluding hydrogens is 368 g/mol. The van der Waals surface area contributed by atoms with Gasteiger partial charge in [0.15, 0.2) is 5.82 Å². The molecule has 8 nitrogen and oxygen atoms in total. The second-order valence-corrected chi connectivity index (χ2v) is 7.57. The highest BCUT2D eigenvalue weighted by Gasteiger charge is 2.23. The Morgan fingerprint density at radius 1 is 1.24 bits per heavy atom. The molecule has 4 rings (SSSR count). The molecule has 0 bridgehead atoms. The van der Waals surface area contributed by atoms with Crippen molar-refractivity contribution in [2.45, 2.75) is 46.1 Å². The number of likely N-dealkylation sites (tertiary alicyclic amines) is 1. The van der Waals surface area contributed by atoms with Crippen molar-refractivity contribution in [3.63, 3.8) is 0 Å². The molecule has 154 valence electrons. The number of piperidine rings is 1. The molecule has 0 amide bonds. The van der Waals surface area contributed by atoms with Crippen LogP contribution in [0.1, 0.15) is 42.5 Å². The summed E-state index contributed by atoms with van der Waals surface area (Å²) in [5.74, 6) is 1.63. The van der Waals surface area contributed by atoms with Crippen LogP contribution in [-0.4, -0.2) is 55.5 Å². The lowest BCUT2D eigenvalue weighted by Gasteiger charge is -2.31. The third kappa shape index (κ3) is 4.17. The Morgan fingerprint density at radius 3 is 2.72 bits per heavy atom. The second-order valence-electron chi connectivity index (χ2n) is 7.57. The molecule has 0 aromatic carbocycles. The maximum absolute atomic E-state index is 6.22. The Kier molecular flexibility index (Phi) is 5.62. The zero-order valence-corrected chi connectivity index (χ0v) is 17.6. The summed E-state index contributed by atoms with van der Waals surface area (Å²) in [5.41, 5.74) is 3.96. The van der Waals surface area contributed by atoms with Gasteiger partial charge in [-0.25, -0.2) is 4.98 Å². The lowest BCUT2D eigenvalue weighted by Crippen LogP contribution is -2.38. The average Bonchev–Trinajstić information content (AvgIpc) is 3.29. The zero-order valence-electron chi connectivity index (χ0n) is 17.6. The molecule has 29 heavy (non-hydrogen) atoms. The first-order valence-electron chi connectivity index (χ1n) is 10.2. The summed E-state index contributed by atoms with van der Waals surface area (Å²) in [6.07, 6.45) is 4.48. The van der Waals surface area contributed by atoms with Gasteiger partial charge in [-0.3, -0.25) is 4.68 Å². The minimum Gasteiger partial charge on any atom is -0.474 e. The molecule has 8 heteroatoms. The van der Waals surface area contributed by atoms with Gasteiger partial charge >= 0.3 is 0 Å². The number of aryl methyl sites for hydroxylation is 2. The van der Waals surface area contributed by atoms with Crippen molar-refractivity contribution >= 4 is 0 Å². The van der Waals surface area contributed by atoms with Crippen LogP contribution in [0.25, 0.3) is 11.5 Å². The molecular formula is C21H28N6O2. The van der Waals surface area contributed by atoms with Crippen LogP contribution in [0.3, 0.4) is 0 Å². The largest absolute Gasteiger partial charge is 0.474 e. The van der Waals surface area contributed by atoms with E-state index in [1.54, 1.807) is 6.20 Å². The van der Waals surface area contributed by atoms with E-state index in [9.17, 15) is 0 Å². The molecule has 0 aliphatic carbocycles. The maximum atomic E-state index is 6.22. The van der Waals surface area contributed by atoms with Gasteiger partial charge in [0.25, 0.3) is 5.89 Å². The fraction of sp³-hybridized carbons (Fsp3) is 0.524. The number of nitrogens with zero attached hydrogens (tertiary/aromatic N) is 6. The van der Waals surface area contributed by atoms with E-state index in [2.05, 4.69) is 32.0 Å². The van der Waals surface area contributed by atoms with Crippen molar-refractivity contribution in [3.8, 4) is 17.3 Å². The zero-order chi connectivity index (χ0) is 20.4. The molecule has 1 aliphatic heterocycles. The van der Waals surface area contributed by atoms with E-state index in [1.807, 2.05) is 37.7 Å². The standard InChI is InChI=1S/C21H28N6O2/c1-5-27-11-8-16(9-12-27)28-20-17(7-6-10-22-20)21-23-19(25-29-21)13-18-14(2)24-26(4)15(18)3/h6-7,10,16H,5,8-9,11-13H2,1-4H3. The van der Waals surface area contributed by atoms with Crippen LogP contribution in [0.5, 0.6) is 5.88 Å². The van der Waals surface area contributed by atoms with E-state index in [0.717, 1.165) is 55.0 Å². The van der Waals surface area contributed by atoms with Crippen LogP contribution in [0.15, 0.2) is 22.9 Å². The highest BCUT2D eigenvalue weighted by atomic mass is 16.5. The Bertz CT molecular complexity index is 971. The summed E-state index contributed by atoms with van der Waals surface area (Å²) >= 11 is 0. The molecule has 0 spiro atoms. The van der Waals surface area contributed by atoms with Gasteiger partial charge in [-0.2, -0.15) is 10.1 Å². The van der Waals surface area contributed by atoms with Gasteiger partial charge in [0, 0.05) is 44.0 Å². The van der Waals surface area contributed by atoms with Crippen LogP contribution in [-0.2, 0) is 13.5 Å². The second kappa shape index (κ2) is 8.32. The van der Waals surface area contributed by atoms with Crippen LogP contribution in [0, 0.1) is 13.8 Å². The lowest BCUT2D eigenvalue weighted by atomic mass is 10.1. The molecule has 3 aromatic heterocycles. The first-order chi connectivity index (χ1) is 14.0. The molecule has 0 radical (unpaired) electrons. The monoisotopic (exact) mass is 396 g/mol. The third-order valence-corrected chi connectivity index (χ3v) is 5.72. The highest BCUT2D eigenvalue weighted by Crippen LogP contribution is 2.29. The molecule has 0 atom stereocenters. The molecule has 0 saturated carbocycles. The quantitative estimate of drug-likeness (QED) is 0.633. The maximum Gasteiger partial charge on any atom is 0.263 e. The van der Waals surface area contributed by atoms with E-state index in [1.165, 1.54) is 0 Å². The van der Waals surface area contributed by atoms with Gasteiger partial charge in [0.1, 0.15) is 11.7 Å². The van der Waals surface area contributed by atoms with Gasteiger partial charge < -0.3 is 14.2 Å². The van der Waals surface area contributed by atoms with E-state index in [0.29, 0.717) is 24.0 Å². The summed E-state index contributed by atoms with van der Waals surface area (Å²) in [7, 11) is 1.94. The summed E-state index contributed by atoms with van der Waals surface area (Å²) in [4.78, 5) is 11.5. The predicted octanol–water partition coefficient (Wildman–Crippen LogP) is 2.94. The smallest absolute Gasteiger partial charge is 0.263 e. The van der Waals surface area contributed by atoms with Crippen molar-refractivity contribution in [1.82, 2.24) is 29.8 Å². The van der Waals surface area contributed by atoms with Gasteiger partial charge in [-0.05, 0) is 45.4 Å². The van der Waals surface area contributed by atoms with Gasteiger partial charge in [-0.15, -0.1) is 0 Å². The topological polar surface area (TPSA) is 82.1 Å². The Balaban J connectivity index is 1.51. The van der Waals surface area contributed by atoms with Crippen LogP contribution in [0.2, 0.25) is 0 Å². The first-order valence-corrected chi connectivity index (χ1v) is 10.2. The number of ether oxygens (including phenoxy) is 1. The summed E-state index contributed by atoms with van der Waals surface area (Å²) in [6.45, 7) is 9.44. The average molecular weight is 396 g/mol. The minimum atomic E-state index is 0.162. The fourth-order valence-electron chi connectivity index (χ4n) is 3.82. The molecule has 0 unspecified atom stereocenters. The van der Waals surface area contributed by atoms with Crippen molar-refractivity contribution in [2.24, 2.45) is 7.05 Å². The SMILES string of the molecule is CCN1CCC(Oc2ncccc2-c2nc(Cc3c(C)nn(C)c3C)no2)CC1. The minimum absolute atomic E-state index is 0.162. The van der Waals surface area contributed by atoms with Crippen molar-refractivity contribution < 1.29 is 9.26 Å². The normalized spacial score (nSPS) is 15.7. The fourth-order valence-corrected chi connectivity index (χ4v) is 3.82. The number of hydrogen-bond donors (Lipinski definition) is 0. The van der Waals surface area contributed by atoms with E-state index in [-0.39, 0.29) is 6.10 Å². The van der Waals surface area contributed by atoms with Crippen molar-refractivity contribution in [2.75, 3.05) is 19.6 Å². The van der Waals surface area contributed by atoms with Crippen LogP contribution < -0.4 is 4.74 Å². The molecule has 1 aliphatic rings. The van der Waals surface area contributed by atoms with E-state index in [4.69, 9.17) is 9.26 Å². The van der Waals surface area contributed by atoms with Crippen LogP contribution >= 0.6 is 0 Å². The van der Waals surface area contributed by atoms with Crippen molar-refractivity contribution in [3.05, 3.63) is 41.1 Å². The molecule has 1 fully saturated rings. The molecule has 3 aromatic rings. The number of aromatic nitrogens is 5. The summed E-state index contributed by atoms with van der Waals surface area (Å²) < 4.78 is 13.7. The van der Waals surface area contributed by atoms with E-state index >= 15 is 0 Å². The van der Waals surface area contributed by atoms with Crippen molar-refractivity contribution in [1.29, 1.82) is 0 Å². The van der Waals surface area contributed by atoms with Gasteiger partial charge in [0.2, 0.25) is 5.88 Å². The molecule has 0 N–H and O–H groups in total. The first kappa shape index (κ1) is 19.6. The predicted molar refractivity (Wildman–Crippen MR) is 109 cm³/mol. The van der Waals surface area contributed by atoms with Gasteiger partial charge in [-0.1, -0.05) is 12.1 Å². The summed E-state index contributed by atoms with van der Waals surface area (Å²) in [5, 5.41) is 8.63. The Morgan fingerprint density at radius 2 is 2.03 bits per heavy atom. The molecule has 4 heterocycles. The number of hydrogen-bond acceptors (Lipinski definition) is 7. The summed E-state index contributed by atoms with van der Waals surface area (Å²) in [6, 6.07) is 3.78. The third-order valence-electron chi connectivity index (χ3n) is 5.72. The highest BCUT2D eigenvalue weighted by molar-refractivity contribution is 5.59. The molecule has 1 saturated heterocycles. The van der Waals surface area contributed by atoms with Crippen LogP contribution in [0.4, 0.5) is 0 Å². The Hall–Kier alpha value is -2.74. The lowest BCUT2D eigenvalue weighted by molar-refractivity contribution is 0.100. The van der Waals surface area contributed by atoms with E-state index < -0.39 is 0 Å². The number of pyridine rings is 1. The Labute approximate surface area is 170 Å². The number of rotatable bonds is 6. The van der Waals surface area contributed by atoms with Gasteiger partial charge in [0.05, 0.1) is 5.69 Å².